The van der Waals surface area contributed by atoms with Crippen LogP contribution in [0.4, 0.5) is 5.69 Å². The molecule has 1 unspecified atom stereocenters. The average molecular weight is 585 g/mol. The molecule has 0 radical (unpaired) electrons. The van der Waals surface area contributed by atoms with Crippen molar-refractivity contribution in [1.82, 2.24) is 9.55 Å². The Morgan fingerprint density at radius 2 is 1.78 bits per heavy atom. The maximum atomic E-state index is 13.7. The third-order valence-electron chi connectivity index (χ3n) is 8.34. The third-order valence-corrected chi connectivity index (χ3v) is 8.82. The molecule has 2 N–H and O–H groups in total. The molecule has 2 aromatic heterocycles. The minimum atomic E-state index is -0.649. The van der Waals surface area contributed by atoms with Crippen LogP contribution < -0.4 is 10.1 Å². The Morgan fingerprint density at radius 3 is 2.59 bits per heavy atom. The number of hydrogen-bond acceptors (Lipinski definition) is 3. The highest BCUT2D eigenvalue weighted by Crippen LogP contribution is 2.47. The van der Waals surface area contributed by atoms with Gasteiger partial charge in [0.1, 0.15) is 5.75 Å². The number of ether oxygens (including phenoxy) is 1. The average Bonchev–Trinajstić information content (AvgIpc) is 3.63. The number of aromatic amines is 1. The molecular formula is C33H27Cl2N3O3. The molecule has 5 aromatic rings. The normalized spacial score (nSPS) is 16.1. The van der Waals surface area contributed by atoms with E-state index >= 15 is 0 Å². The highest BCUT2D eigenvalue weighted by Gasteiger charge is 2.41. The van der Waals surface area contributed by atoms with Crippen molar-refractivity contribution in [3.05, 3.63) is 105 Å². The molecule has 3 heterocycles. The first-order valence-corrected chi connectivity index (χ1v) is 14.5. The zero-order valence-electron chi connectivity index (χ0n) is 22.4. The van der Waals surface area contributed by atoms with E-state index in [0.29, 0.717) is 28.6 Å². The molecule has 6 nitrogen and oxygen atoms in total. The van der Waals surface area contributed by atoms with E-state index in [2.05, 4.69) is 14.9 Å². The molecule has 1 amide bonds. The number of nitrogens with one attached hydrogen (secondary N) is 2. The summed E-state index contributed by atoms with van der Waals surface area (Å²) in [5.74, 6) is 0.0784. The van der Waals surface area contributed by atoms with Gasteiger partial charge in [0.15, 0.2) is 5.78 Å². The molecule has 1 aliphatic heterocycles. The lowest BCUT2D eigenvalue weighted by molar-refractivity contribution is -0.116. The van der Waals surface area contributed by atoms with Gasteiger partial charge in [-0.15, -0.1) is 0 Å². The van der Waals surface area contributed by atoms with Gasteiger partial charge in [0.2, 0.25) is 5.91 Å². The summed E-state index contributed by atoms with van der Waals surface area (Å²) in [4.78, 5) is 30.7. The molecule has 1 atom stereocenters. The monoisotopic (exact) mass is 583 g/mol. The van der Waals surface area contributed by atoms with Crippen LogP contribution in [0.3, 0.4) is 0 Å². The Labute approximate surface area is 247 Å². The Morgan fingerprint density at radius 1 is 0.976 bits per heavy atom. The number of amides is 1. The molecule has 1 aliphatic carbocycles. The van der Waals surface area contributed by atoms with E-state index in [1.165, 1.54) is 0 Å². The van der Waals surface area contributed by atoms with Crippen molar-refractivity contribution in [2.45, 2.75) is 38.1 Å². The lowest BCUT2D eigenvalue weighted by atomic mass is 9.83. The Hall–Kier alpha value is -4.00. The number of benzene rings is 3. The molecule has 0 saturated heterocycles. The number of aromatic nitrogens is 2. The van der Waals surface area contributed by atoms with Crippen molar-refractivity contribution >= 4 is 51.5 Å². The van der Waals surface area contributed by atoms with E-state index in [-0.39, 0.29) is 11.7 Å². The number of carbonyl (C=O) groups excluding carboxylic acids is 2. The lowest BCUT2D eigenvalue weighted by Crippen LogP contribution is -2.18. The molecule has 7 rings (SSSR count). The van der Waals surface area contributed by atoms with Crippen LogP contribution in [0, 0.1) is 0 Å². The molecule has 41 heavy (non-hydrogen) atoms. The zero-order chi connectivity index (χ0) is 28.2. The topological polar surface area (TPSA) is 76.1 Å². The van der Waals surface area contributed by atoms with Gasteiger partial charge in [-0.1, -0.05) is 35.3 Å². The zero-order valence-corrected chi connectivity index (χ0v) is 23.9. The number of ketones is 1. The van der Waals surface area contributed by atoms with Crippen LogP contribution in [-0.2, 0) is 24.2 Å². The fourth-order valence-electron chi connectivity index (χ4n) is 6.49. The summed E-state index contributed by atoms with van der Waals surface area (Å²) in [5.41, 5.74) is 7.93. The number of Topliss-reactive ketones (excluding diaryl/α,β-unsaturated/α-hetero) is 1. The van der Waals surface area contributed by atoms with Crippen molar-refractivity contribution in [3.8, 4) is 17.0 Å². The Bertz CT molecular complexity index is 1850. The number of methoxy groups -OCH3 is 1. The van der Waals surface area contributed by atoms with Crippen LogP contribution in [0.1, 0.15) is 51.5 Å². The molecule has 8 heteroatoms. The summed E-state index contributed by atoms with van der Waals surface area (Å²) in [7, 11) is 1.67. The lowest BCUT2D eigenvalue weighted by Gasteiger charge is -2.17. The molecule has 0 saturated carbocycles. The van der Waals surface area contributed by atoms with E-state index in [1.807, 2.05) is 60.8 Å². The second kappa shape index (κ2) is 10.1. The highest BCUT2D eigenvalue weighted by atomic mass is 35.5. The van der Waals surface area contributed by atoms with Crippen LogP contribution in [0.15, 0.2) is 66.9 Å². The fourth-order valence-corrected chi connectivity index (χ4v) is 6.80. The first-order valence-electron chi connectivity index (χ1n) is 13.7. The third kappa shape index (κ3) is 4.33. The number of rotatable bonds is 6. The van der Waals surface area contributed by atoms with Crippen LogP contribution in [-0.4, -0.2) is 28.4 Å². The number of nitrogens with zero attached hydrogens (tertiary/aromatic N) is 1. The predicted molar refractivity (Wildman–Crippen MR) is 163 cm³/mol. The van der Waals surface area contributed by atoms with Crippen molar-refractivity contribution in [3.63, 3.8) is 0 Å². The summed E-state index contributed by atoms with van der Waals surface area (Å²) < 4.78 is 7.74. The largest absolute Gasteiger partial charge is 0.497 e. The van der Waals surface area contributed by atoms with E-state index in [9.17, 15) is 9.59 Å². The molecule has 2 aliphatic rings. The molecule has 3 aromatic carbocycles. The number of hydrogen-bond donors (Lipinski definition) is 2. The number of fused-ring (bicyclic) bond motifs is 3. The van der Waals surface area contributed by atoms with Crippen molar-refractivity contribution < 1.29 is 14.3 Å². The van der Waals surface area contributed by atoms with Gasteiger partial charge in [-0.3, -0.25) is 9.59 Å². The standard InChI is InChI=1S/C33H27Cl2N3O3/c1-41-22-10-12-25-23(16-22)19(17-36-25)13-14-38-27-3-2-4-28(39)30(27)31(32(38)18-5-7-20(34)8-6-18)29-24-15-21(35)9-11-26(24)37-33(29)40/h5-12,15-17,29,36H,2-4,13-14H2,1H3,(H,37,40). The maximum absolute atomic E-state index is 13.7. The van der Waals surface area contributed by atoms with E-state index < -0.39 is 5.92 Å². The van der Waals surface area contributed by atoms with E-state index in [1.54, 1.807) is 13.2 Å². The number of halogens is 2. The van der Waals surface area contributed by atoms with E-state index in [4.69, 9.17) is 27.9 Å². The van der Waals surface area contributed by atoms with Crippen LogP contribution >= 0.6 is 23.2 Å². The van der Waals surface area contributed by atoms with Crippen molar-refractivity contribution in [2.24, 2.45) is 0 Å². The number of anilines is 1. The van der Waals surface area contributed by atoms with Gasteiger partial charge in [0.25, 0.3) is 0 Å². The summed E-state index contributed by atoms with van der Waals surface area (Å²) >= 11 is 12.7. The minimum absolute atomic E-state index is 0.0790. The summed E-state index contributed by atoms with van der Waals surface area (Å²) in [5, 5.41) is 5.30. The SMILES string of the molecule is COc1ccc2[nH]cc(CCn3c4c(c(C5C(=O)Nc6ccc(Cl)cc65)c3-c3ccc(Cl)cc3)C(=O)CCC4)c2c1. The van der Waals surface area contributed by atoms with Gasteiger partial charge in [0.05, 0.1) is 18.7 Å². The highest BCUT2D eigenvalue weighted by molar-refractivity contribution is 6.31. The number of H-pyrrole nitrogens is 1. The van der Waals surface area contributed by atoms with Gasteiger partial charge >= 0.3 is 0 Å². The molecule has 206 valence electrons. The van der Waals surface area contributed by atoms with Crippen LogP contribution in [0.25, 0.3) is 22.2 Å². The van der Waals surface area contributed by atoms with Crippen molar-refractivity contribution in [2.75, 3.05) is 12.4 Å². The van der Waals surface area contributed by atoms with Gasteiger partial charge < -0.3 is 19.6 Å². The number of carbonyl (C=O) groups is 2. The Kier molecular flexibility index (Phi) is 6.40. The quantitative estimate of drug-likeness (QED) is 0.214. The van der Waals surface area contributed by atoms with Crippen molar-refractivity contribution in [1.29, 1.82) is 0 Å². The molecule has 0 bridgehead atoms. The second-order valence-electron chi connectivity index (χ2n) is 10.6. The van der Waals surface area contributed by atoms with Crippen LogP contribution in [0.2, 0.25) is 10.0 Å². The Balaban J connectivity index is 1.43. The van der Waals surface area contributed by atoms with Crippen LogP contribution in [0.5, 0.6) is 5.75 Å². The minimum Gasteiger partial charge on any atom is -0.497 e. The predicted octanol–water partition coefficient (Wildman–Crippen LogP) is 7.80. The fraction of sp³-hybridized carbons (Fsp3) is 0.212. The van der Waals surface area contributed by atoms with Gasteiger partial charge in [-0.25, -0.2) is 0 Å². The smallest absolute Gasteiger partial charge is 0.236 e. The summed E-state index contributed by atoms with van der Waals surface area (Å²) in [6.45, 7) is 0.633. The number of aryl methyl sites for hydroxylation is 1. The first kappa shape index (κ1) is 25.9. The summed E-state index contributed by atoms with van der Waals surface area (Å²) in [6, 6.07) is 19.1. The van der Waals surface area contributed by atoms with E-state index in [0.717, 1.165) is 75.2 Å². The molecular weight excluding hydrogens is 557 g/mol. The molecule has 0 spiro atoms. The molecule has 0 fully saturated rings. The second-order valence-corrected chi connectivity index (χ2v) is 11.5. The summed E-state index contributed by atoms with van der Waals surface area (Å²) in [6.07, 6.45) is 4.76. The van der Waals surface area contributed by atoms with Gasteiger partial charge in [-0.2, -0.15) is 0 Å². The first-order chi connectivity index (χ1) is 19.9. The van der Waals surface area contributed by atoms with Gasteiger partial charge in [0, 0.05) is 62.6 Å². The van der Waals surface area contributed by atoms with Gasteiger partial charge in [-0.05, 0) is 84.5 Å². The maximum Gasteiger partial charge on any atom is 0.236 e.